The molecular weight excluding hydrogens is 378 g/mol. The van der Waals surface area contributed by atoms with Crippen molar-refractivity contribution < 1.29 is 22.8 Å². The lowest BCUT2D eigenvalue weighted by atomic mass is 10.1. The van der Waals surface area contributed by atoms with Crippen molar-refractivity contribution >= 4 is 15.9 Å². The topological polar surface area (TPSA) is 71.4 Å². The van der Waals surface area contributed by atoms with Gasteiger partial charge in [0.05, 0.1) is 50.3 Å². The Morgan fingerprint density at radius 2 is 1.57 bits per heavy atom. The maximum absolute atomic E-state index is 12.8. The molecule has 1 amide bonds. The second-order valence-electron chi connectivity index (χ2n) is 7.97. The Kier molecular flexibility index (Phi) is 6.01. The monoisotopic (exact) mass is 408 g/mol. The van der Waals surface area contributed by atoms with Crippen LogP contribution in [0.25, 0.3) is 0 Å². The number of piperazine rings is 1. The molecule has 0 spiro atoms. The highest BCUT2D eigenvalue weighted by Gasteiger charge is 2.32. The number of sulfonamides is 1. The van der Waals surface area contributed by atoms with Crippen LogP contribution in [0.3, 0.4) is 0 Å². The van der Waals surface area contributed by atoms with Crippen molar-refractivity contribution in [2.75, 3.05) is 52.5 Å². The summed E-state index contributed by atoms with van der Waals surface area (Å²) in [6, 6.07) is 7.18. The molecule has 4 rings (SSSR count). The molecule has 28 heavy (non-hydrogen) atoms. The zero-order valence-corrected chi connectivity index (χ0v) is 17.1. The zero-order valence-electron chi connectivity index (χ0n) is 16.3. The second-order valence-corrected chi connectivity index (χ2v) is 9.91. The van der Waals surface area contributed by atoms with Crippen molar-refractivity contribution in [3.8, 4) is 0 Å². The van der Waals surface area contributed by atoms with Crippen molar-refractivity contribution in [3.05, 3.63) is 29.8 Å². The van der Waals surface area contributed by atoms with Crippen LogP contribution in [-0.4, -0.2) is 82.1 Å². The molecule has 0 unspecified atom stereocenters. The van der Waals surface area contributed by atoms with Gasteiger partial charge in [-0.25, -0.2) is 8.42 Å². The van der Waals surface area contributed by atoms with Crippen LogP contribution in [0.1, 0.15) is 36.0 Å². The van der Waals surface area contributed by atoms with E-state index in [-0.39, 0.29) is 10.8 Å². The van der Waals surface area contributed by atoms with Gasteiger partial charge in [-0.05, 0) is 49.9 Å². The maximum Gasteiger partial charge on any atom is 0.254 e. The number of hydrogen-bond acceptors (Lipinski definition) is 4. The first-order valence-electron chi connectivity index (χ1n) is 10.4. The highest BCUT2D eigenvalue weighted by atomic mass is 32.2. The average Bonchev–Trinajstić information content (AvgIpc) is 3.29. The molecule has 0 bridgehead atoms. The van der Waals surface area contributed by atoms with Crippen LogP contribution < -0.4 is 4.90 Å². The van der Waals surface area contributed by atoms with E-state index in [0.29, 0.717) is 31.9 Å². The van der Waals surface area contributed by atoms with Crippen molar-refractivity contribution in [2.45, 2.75) is 36.6 Å². The molecule has 3 aliphatic rings. The fraction of sp³-hybridized carbons (Fsp3) is 0.650. The third-order valence-electron chi connectivity index (χ3n) is 6.33. The second kappa shape index (κ2) is 8.49. The molecule has 1 N–H and O–H groups in total. The highest BCUT2D eigenvalue weighted by molar-refractivity contribution is 7.89. The first-order valence-corrected chi connectivity index (χ1v) is 11.8. The number of benzene rings is 1. The Bertz CT molecular complexity index is 776. The number of nitrogens with zero attached hydrogens (tertiary/aromatic N) is 2. The number of quaternary nitrogens is 1. The molecule has 1 aliphatic carbocycles. The fourth-order valence-electron chi connectivity index (χ4n) is 4.63. The van der Waals surface area contributed by atoms with Crippen LogP contribution in [0.2, 0.25) is 0 Å². The van der Waals surface area contributed by atoms with Gasteiger partial charge in [0.15, 0.2) is 0 Å². The molecule has 2 heterocycles. The zero-order chi connectivity index (χ0) is 19.6. The summed E-state index contributed by atoms with van der Waals surface area (Å²) in [5.74, 6) is 0.000734. The molecule has 0 atom stereocenters. The van der Waals surface area contributed by atoms with Crippen LogP contribution >= 0.6 is 0 Å². The number of morpholine rings is 1. The van der Waals surface area contributed by atoms with Gasteiger partial charge in [0.25, 0.3) is 5.91 Å². The van der Waals surface area contributed by atoms with Gasteiger partial charge in [0.2, 0.25) is 10.0 Å². The van der Waals surface area contributed by atoms with Gasteiger partial charge < -0.3 is 14.5 Å². The number of hydrogen-bond donors (Lipinski definition) is 1. The van der Waals surface area contributed by atoms with Gasteiger partial charge in [0, 0.05) is 18.7 Å². The van der Waals surface area contributed by atoms with E-state index >= 15 is 0 Å². The minimum atomic E-state index is -3.52. The van der Waals surface area contributed by atoms with Gasteiger partial charge in [-0.15, -0.1) is 0 Å². The molecule has 154 valence electrons. The Labute approximate surface area is 167 Å². The molecule has 1 saturated carbocycles. The number of carbonyl (C=O) groups excluding carboxylic acids is 1. The van der Waals surface area contributed by atoms with Crippen molar-refractivity contribution in [2.24, 2.45) is 0 Å². The Morgan fingerprint density at radius 3 is 2.18 bits per heavy atom. The van der Waals surface area contributed by atoms with E-state index in [4.69, 9.17) is 4.74 Å². The van der Waals surface area contributed by atoms with Gasteiger partial charge in [-0.3, -0.25) is 4.79 Å². The highest BCUT2D eigenvalue weighted by Crippen LogP contribution is 2.19. The van der Waals surface area contributed by atoms with E-state index in [1.165, 1.54) is 30.0 Å². The van der Waals surface area contributed by atoms with Crippen LogP contribution in [0.15, 0.2) is 29.2 Å². The molecule has 0 radical (unpaired) electrons. The van der Waals surface area contributed by atoms with Crippen molar-refractivity contribution in [3.63, 3.8) is 0 Å². The fourth-order valence-corrected chi connectivity index (χ4v) is 6.04. The minimum Gasteiger partial charge on any atom is -0.379 e. The van der Waals surface area contributed by atoms with Crippen LogP contribution in [0.4, 0.5) is 0 Å². The summed E-state index contributed by atoms with van der Waals surface area (Å²) in [6.45, 7) is 5.17. The normalized spacial score (nSPS) is 23.2. The Balaban J connectivity index is 1.37. The summed E-state index contributed by atoms with van der Waals surface area (Å²) in [5.41, 5.74) is 0.560. The molecule has 3 fully saturated rings. The first kappa shape index (κ1) is 19.8. The minimum absolute atomic E-state index is 0.000734. The summed E-state index contributed by atoms with van der Waals surface area (Å²) in [7, 11) is -3.52. The molecule has 0 aromatic heterocycles. The Hall–Kier alpha value is -1.48. The first-order chi connectivity index (χ1) is 13.6. The smallest absolute Gasteiger partial charge is 0.254 e. The predicted molar refractivity (Wildman–Crippen MR) is 105 cm³/mol. The number of carbonyl (C=O) groups is 1. The summed E-state index contributed by atoms with van der Waals surface area (Å²) in [4.78, 5) is 16.6. The molecular formula is C20H30N3O4S+. The molecule has 7 nitrogen and oxygen atoms in total. The molecule has 8 heteroatoms. The van der Waals surface area contributed by atoms with E-state index < -0.39 is 10.0 Å². The molecule has 2 saturated heterocycles. The summed E-state index contributed by atoms with van der Waals surface area (Å²) in [5, 5.41) is 0. The summed E-state index contributed by atoms with van der Waals surface area (Å²) >= 11 is 0. The summed E-state index contributed by atoms with van der Waals surface area (Å²) < 4.78 is 32.1. The average molecular weight is 409 g/mol. The predicted octanol–water partition coefficient (Wildman–Crippen LogP) is -0.00920. The van der Waals surface area contributed by atoms with Crippen LogP contribution in [0.5, 0.6) is 0 Å². The third kappa shape index (κ3) is 4.10. The standard InChI is InChI=1S/C20H29N3O4S/c24-20(22-11-9-21(10-12-22)18-3-1-2-4-18)17-5-7-19(8-6-17)28(25,26)23-13-15-27-16-14-23/h5-8,18H,1-4,9-16H2/p+1. The maximum atomic E-state index is 12.8. The summed E-state index contributed by atoms with van der Waals surface area (Å²) in [6.07, 6.45) is 5.33. The van der Waals surface area contributed by atoms with Gasteiger partial charge in [-0.2, -0.15) is 4.31 Å². The van der Waals surface area contributed by atoms with Crippen molar-refractivity contribution in [1.29, 1.82) is 0 Å². The lowest BCUT2D eigenvalue weighted by Gasteiger charge is -2.35. The Morgan fingerprint density at radius 1 is 0.964 bits per heavy atom. The number of rotatable bonds is 4. The number of amides is 1. The quantitative estimate of drug-likeness (QED) is 0.761. The van der Waals surface area contributed by atoms with Gasteiger partial charge in [-0.1, -0.05) is 0 Å². The lowest BCUT2D eigenvalue weighted by molar-refractivity contribution is -0.928. The SMILES string of the molecule is O=C(c1ccc(S(=O)(=O)N2CCOCC2)cc1)N1CC[NH+](C2CCCC2)CC1. The van der Waals surface area contributed by atoms with E-state index in [9.17, 15) is 13.2 Å². The van der Waals surface area contributed by atoms with Gasteiger partial charge >= 0.3 is 0 Å². The van der Waals surface area contributed by atoms with E-state index in [1.807, 2.05) is 4.90 Å². The van der Waals surface area contributed by atoms with E-state index in [2.05, 4.69) is 0 Å². The third-order valence-corrected chi connectivity index (χ3v) is 8.25. The number of ether oxygens (including phenoxy) is 1. The molecule has 2 aliphatic heterocycles. The van der Waals surface area contributed by atoms with E-state index in [1.54, 1.807) is 29.2 Å². The van der Waals surface area contributed by atoms with Gasteiger partial charge in [0.1, 0.15) is 0 Å². The van der Waals surface area contributed by atoms with Crippen LogP contribution in [-0.2, 0) is 14.8 Å². The molecule has 1 aromatic rings. The lowest BCUT2D eigenvalue weighted by Crippen LogP contribution is -3.18. The molecule has 1 aromatic carbocycles. The number of nitrogens with one attached hydrogen (secondary N) is 1. The van der Waals surface area contributed by atoms with E-state index in [0.717, 1.165) is 32.2 Å². The van der Waals surface area contributed by atoms with Crippen molar-refractivity contribution in [1.82, 2.24) is 9.21 Å². The largest absolute Gasteiger partial charge is 0.379 e. The van der Waals surface area contributed by atoms with Crippen LogP contribution in [0, 0.1) is 0 Å².